The summed E-state index contributed by atoms with van der Waals surface area (Å²) in [5.74, 6) is -3.72. The second-order valence-corrected chi connectivity index (χ2v) is 11.3. The molecular weight excluding hydrogens is 616 g/mol. The third-order valence-electron chi connectivity index (χ3n) is 7.11. The van der Waals surface area contributed by atoms with Crippen molar-refractivity contribution < 1.29 is 57.9 Å². The molecule has 5 atom stereocenters. The maximum atomic E-state index is 12.7. The van der Waals surface area contributed by atoms with Gasteiger partial charge in [-0.3, -0.25) is 29.8 Å². The molecule has 14 heteroatoms. The minimum absolute atomic E-state index is 0.0114. The van der Waals surface area contributed by atoms with Gasteiger partial charge in [0.2, 0.25) is 5.91 Å². The van der Waals surface area contributed by atoms with Gasteiger partial charge < -0.3 is 29.2 Å². The van der Waals surface area contributed by atoms with E-state index in [0.717, 1.165) is 63.3 Å². The van der Waals surface area contributed by atoms with Crippen molar-refractivity contribution in [2.75, 3.05) is 6.61 Å². The smallest absolute Gasteiger partial charge is 0.414 e. The Bertz CT molecular complexity index is 1240. The number of amides is 4. The average molecular weight is 663 g/mol. The van der Waals surface area contributed by atoms with Gasteiger partial charge in [-0.05, 0) is 38.7 Å². The molecule has 47 heavy (non-hydrogen) atoms. The van der Waals surface area contributed by atoms with Crippen molar-refractivity contribution in [1.82, 2.24) is 10.6 Å². The first-order chi connectivity index (χ1) is 22.4. The van der Waals surface area contributed by atoms with Crippen molar-refractivity contribution in [3.8, 4) is 0 Å². The minimum atomic E-state index is -1.72. The van der Waals surface area contributed by atoms with Crippen LogP contribution in [0.3, 0.4) is 0 Å². The van der Waals surface area contributed by atoms with Crippen LogP contribution in [0.1, 0.15) is 85.0 Å². The third-order valence-corrected chi connectivity index (χ3v) is 7.11. The number of fused-ring (bicyclic) bond motifs is 1. The van der Waals surface area contributed by atoms with E-state index in [1.807, 2.05) is 5.32 Å². The monoisotopic (exact) mass is 662 g/mol. The summed E-state index contributed by atoms with van der Waals surface area (Å²) in [4.78, 5) is 72.7. The van der Waals surface area contributed by atoms with Gasteiger partial charge in [-0.15, -0.1) is 0 Å². The highest BCUT2D eigenvalue weighted by atomic mass is 16.7. The number of aliphatic hydroxyl groups excluding tert-OH is 2. The van der Waals surface area contributed by atoms with Gasteiger partial charge >= 0.3 is 18.0 Å². The van der Waals surface area contributed by atoms with Gasteiger partial charge in [0.25, 0.3) is 11.8 Å². The standard InChI is InChI=1S/C33H46N2O12/c1-4-5-6-7-8-14-28(41)44-18-11-12-23(37)20-24(38)30-32(47-33(43)34-22(3)36)31-25(45-31)17-16-21(2)19-27(40)35-26(39)13-9-10-15-29(42)46-30/h9-10,13,15,19-20,24-25,30-32,37-38H,4-8,11-12,14,16-18H2,1-3H3,(H,34,36,43)(H,35,39,40)/b13-9+,15-10-,21-19-,23-20+/t24-,25-,30-,31+,32-/m0/s1. The van der Waals surface area contributed by atoms with E-state index in [9.17, 15) is 39.0 Å². The number of allylic oxidation sites excluding steroid dienone is 4. The topological polar surface area (TPSA) is 207 Å². The van der Waals surface area contributed by atoms with Crippen LogP contribution in [0.2, 0.25) is 0 Å². The summed E-state index contributed by atoms with van der Waals surface area (Å²) >= 11 is 0. The zero-order chi connectivity index (χ0) is 34.8. The van der Waals surface area contributed by atoms with Crippen LogP contribution in [-0.4, -0.2) is 83.1 Å². The molecule has 0 radical (unpaired) electrons. The molecule has 14 nitrogen and oxygen atoms in total. The fourth-order valence-electron chi connectivity index (χ4n) is 4.70. The second-order valence-electron chi connectivity index (χ2n) is 11.3. The first kappa shape index (κ1) is 38.9. The Hall–Kier alpha value is -4.30. The quantitative estimate of drug-likeness (QED) is 0.0560. The van der Waals surface area contributed by atoms with E-state index in [2.05, 4.69) is 12.2 Å². The average Bonchev–Trinajstić information content (AvgIpc) is 3.76. The molecule has 0 aromatic heterocycles. The Labute approximate surface area is 274 Å². The first-order valence-electron chi connectivity index (χ1n) is 15.8. The van der Waals surface area contributed by atoms with Crippen molar-refractivity contribution in [3.05, 3.63) is 47.8 Å². The maximum absolute atomic E-state index is 12.7. The maximum Gasteiger partial charge on any atom is 0.414 e. The van der Waals surface area contributed by atoms with Gasteiger partial charge in [-0.25, -0.2) is 9.59 Å². The van der Waals surface area contributed by atoms with Crippen LogP contribution < -0.4 is 10.6 Å². The Balaban J connectivity index is 2.20. The van der Waals surface area contributed by atoms with Crippen LogP contribution >= 0.6 is 0 Å². The summed E-state index contributed by atoms with van der Waals surface area (Å²) in [5, 5.41) is 25.8. The molecule has 1 saturated heterocycles. The zero-order valence-corrected chi connectivity index (χ0v) is 27.1. The number of epoxide rings is 1. The van der Waals surface area contributed by atoms with Crippen molar-refractivity contribution in [1.29, 1.82) is 0 Å². The summed E-state index contributed by atoms with van der Waals surface area (Å²) in [6, 6.07) is 0. The molecule has 1 fully saturated rings. The highest BCUT2D eigenvalue weighted by Crippen LogP contribution is 2.35. The fraction of sp³-hybridized carbons (Fsp3) is 0.576. The van der Waals surface area contributed by atoms with Crippen molar-refractivity contribution in [3.63, 3.8) is 0 Å². The van der Waals surface area contributed by atoms with E-state index in [1.54, 1.807) is 6.92 Å². The number of nitrogens with one attached hydrogen (secondary N) is 2. The normalized spacial score (nSPS) is 25.4. The SMILES string of the molecule is CCCCCCCC(=O)OCCC/C(O)=C\[C@H](O)[C@@H]1OC(=O)/C=C\C=C\C(=O)NC(=O)/C=C(/C)CC[C@@H]2O[C@H]2[C@H]1OC(=O)NC(C)=O. The van der Waals surface area contributed by atoms with E-state index >= 15 is 0 Å². The van der Waals surface area contributed by atoms with Gasteiger partial charge in [0, 0.05) is 38.0 Å². The van der Waals surface area contributed by atoms with Gasteiger partial charge in [-0.1, -0.05) is 50.3 Å². The number of rotatable bonds is 13. The summed E-state index contributed by atoms with van der Waals surface area (Å²) in [6.07, 6.45) is 5.38. The largest absolute Gasteiger partial charge is 0.513 e. The van der Waals surface area contributed by atoms with Gasteiger partial charge in [0.05, 0.1) is 18.5 Å². The van der Waals surface area contributed by atoms with Crippen LogP contribution in [0, 0.1) is 0 Å². The number of alkyl carbamates (subject to hydrolysis) is 1. The number of hydrogen-bond donors (Lipinski definition) is 4. The number of cyclic esters (lactones) is 1. The highest BCUT2D eigenvalue weighted by Gasteiger charge is 2.52. The van der Waals surface area contributed by atoms with Crippen LogP contribution in [0.15, 0.2) is 47.8 Å². The molecule has 0 spiro atoms. The van der Waals surface area contributed by atoms with Gasteiger partial charge in [0.1, 0.15) is 12.2 Å². The molecule has 4 N–H and O–H groups in total. The predicted octanol–water partition coefficient (Wildman–Crippen LogP) is 3.29. The Morgan fingerprint density at radius 1 is 1.06 bits per heavy atom. The summed E-state index contributed by atoms with van der Waals surface area (Å²) < 4.78 is 21.8. The van der Waals surface area contributed by atoms with E-state index < -0.39 is 60.3 Å². The number of imide groups is 2. The Kier molecular flexibility index (Phi) is 17.2. The lowest BCUT2D eigenvalue weighted by Gasteiger charge is -2.28. The molecule has 0 aromatic carbocycles. The van der Waals surface area contributed by atoms with Crippen LogP contribution in [0.5, 0.6) is 0 Å². The predicted molar refractivity (Wildman–Crippen MR) is 167 cm³/mol. The number of esters is 2. The second kappa shape index (κ2) is 20.7. The lowest BCUT2D eigenvalue weighted by Crippen LogP contribution is -2.48. The molecule has 0 aliphatic carbocycles. The number of hydrogen-bond acceptors (Lipinski definition) is 12. The Morgan fingerprint density at radius 2 is 1.79 bits per heavy atom. The minimum Gasteiger partial charge on any atom is -0.513 e. The molecule has 0 bridgehead atoms. The van der Waals surface area contributed by atoms with Crippen molar-refractivity contribution in [2.24, 2.45) is 0 Å². The first-order valence-corrected chi connectivity index (χ1v) is 15.8. The lowest BCUT2D eigenvalue weighted by atomic mass is 9.99. The van der Waals surface area contributed by atoms with E-state index in [4.69, 9.17) is 18.9 Å². The number of carbonyl (C=O) groups excluding carboxylic acids is 6. The molecular formula is C33H46N2O12. The fourth-order valence-corrected chi connectivity index (χ4v) is 4.70. The number of carbonyl (C=O) groups is 6. The van der Waals surface area contributed by atoms with Crippen LogP contribution in [-0.2, 0) is 42.9 Å². The van der Waals surface area contributed by atoms with E-state index in [-0.39, 0.29) is 31.2 Å². The van der Waals surface area contributed by atoms with Gasteiger partial charge in [-0.2, -0.15) is 0 Å². The molecule has 2 aliphatic rings. The molecule has 0 unspecified atom stereocenters. The molecule has 2 aliphatic heterocycles. The van der Waals surface area contributed by atoms with E-state index in [1.165, 1.54) is 12.2 Å². The zero-order valence-electron chi connectivity index (χ0n) is 27.1. The molecule has 2 heterocycles. The van der Waals surface area contributed by atoms with Crippen LogP contribution in [0.25, 0.3) is 0 Å². The van der Waals surface area contributed by atoms with Crippen LogP contribution in [0.4, 0.5) is 4.79 Å². The summed E-state index contributed by atoms with van der Waals surface area (Å²) in [7, 11) is 0. The van der Waals surface area contributed by atoms with E-state index in [0.29, 0.717) is 24.8 Å². The van der Waals surface area contributed by atoms with Crippen molar-refractivity contribution in [2.45, 2.75) is 115 Å². The molecule has 2 rings (SSSR count). The number of ether oxygens (including phenoxy) is 4. The third kappa shape index (κ3) is 16.2. The lowest BCUT2D eigenvalue weighted by molar-refractivity contribution is -0.157. The summed E-state index contributed by atoms with van der Waals surface area (Å²) in [6.45, 7) is 4.92. The number of unbranched alkanes of at least 4 members (excludes halogenated alkanes) is 4. The molecule has 260 valence electrons. The Morgan fingerprint density at radius 3 is 2.51 bits per heavy atom. The number of aliphatic hydroxyl groups is 2. The van der Waals surface area contributed by atoms with Gasteiger partial charge in [0.15, 0.2) is 12.2 Å². The highest BCUT2D eigenvalue weighted by molar-refractivity contribution is 6.05. The van der Waals surface area contributed by atoms with Crippen molar-refractivity contribution >= 4 is 35.8 Å². The molecule has 0 saturated carbocycles. The summed E-state index contributed by atoms with van der Waals surface area (Å²) in [5.41, 5.74) is 0.623. The molecule has 0 aromatic rings. The molecule has 4 amide bonds.